The van der Waals surface area contributed by atoms with E-state index in [1.54, 1.807) is 39.5 Å². The fourth-order valence-corrected chi connectivity index (χ4v) is 2.68. The molecule has 0 radical (unpaired) electrons. The number of pyridine rings is 1. The summed E-state index contributed by atoms with van der Waals surface area (Å²) in [7, 11) is 4.82. The molecule has 0 amide bonds. The van der Waals surface area contributed by atoms with Gasteiger partial charge < -0.3 is 24.3 Å². The maximum absolute atomic E-state index is 6.01. The van der Waals surface area contributed by atoms with Gasteiger partial charge in [0, 0.05) is 29.9 Å². The summed E-state index contributed by atoms with van der Waals surface area (Å²) < 4.78 is 22.1. The summed E-state index contributed by atoms with van der Waals surface area (Å²) in [6.45, 7) is 4.57. The number of hydrogen-bond donors (Lipinski definition) is 1. The number of nitrogens with one attached hydrogen (secondary N) is 1. The molecule has 0 aliphatic heterocycles. The highest BCUT2D eigenvalue weighted by molar-refractivity contribution is 6.30. The van der Waals surface area contributed by atoms with E-state index in [1.807, 2.05) is 13.0 Å². The van der Waals surface area contributed by atoms with Gasteiger partial charge in [0.25, 0.3) is 5.88 Å². The molecule has 2 rings (SSSR count). The molecule has 2 aromatic rings. The maximum Gasteiger partial charge on any atom is 0.265 e. The van der Waals surface area contributed by atoms with Crippen LogP contribution >= 0.6 is 11.6 Å². The molecule has 0 bridgehead atoms. The number of methoxy groups -OCH3 is 3. The van der Waals surface area contributed by atoms with Crippen LogP contribution in [0.3, 0.4) is 0 Å². The Hall–Kier alpha value is -2.18. The molecule has 142 valence electrons. The molecule has 26 heavy (non-hydrogen) atoms. The van der Waals surface area contributed by atoms with Crippen LogP contribution in [0.15, 0.2) is 24.3 Å². The Morgan fingerprint density at radius 1 is 1.12 bits per heavy atom. The summed E-state index contributed by atoms with van der Waals surface area (Å²) >= 11 is 6.01. The molecule has 0 aliphatic carbocycles. The first-order chi connectivity index (χ1) is 12.5. The molecule has 1 N–H and O–H groups in total. The van der Waals surface area contributed by atoms with E-state index in [-0.39, 0.29) is 6.04 Å². The lowest BCUT2D eigenvalue weighted by molar-refractivity contribution is 0.184. The number of nitrogens with zero attached hydrogens (tertiary/aromatic N) is 1. The van der Waals surface area contributed by atoms with Gasteiger partial charge in [-0.15, -0.1) is 0 Å². The second-order valence-electron chi connectivity index (χ2n) is 5.75. The van der Waals surface area contributed by atoms with Crippen LogP contribution in [0.4, 0.5) is 5.69 Å². The van der Waals surface area contributed by atoms with Crippen molar-refractivity contribution in [3.63, 3.8) is 0 Å². The summed E-state index contributed by atoms with van der Waals surface area (Å²) in [5.74, 6) is 1.89. The molecule has 0 fully saturated rings. The van der Waals surface area contributed by atoms with Crippen molar-refractivity contribution in [2.45, 2.75) is 26.3 Å². The van der Waals surface area contributed by atoms with Crippen LogP contribution in [0.25, 0.3) is 0 Å². The summed E-state index contributed by atoms with van der Waals surface area (Å²) in [4.78, 5) is 4.47. The summed E-state index contributed by atoms with van der Waals surface area (Å²) in [6.07, 6.45) is 0.902. The van der Waals surface area contributed by atoms with E-state index in [9.17, 15) is 0 Å². The predicted octanol–water partition coefficient (Wildman–Crippen LogP) is 4.69. The van der Waals surface area contributed by atoms with E-state index < -0.39 is 0 Å². The zero-order valence-electron chi connectivity index (χ0n) is 15.8. The van der Waals surface area contributed by atoms with E-state index in [1.165, 1.54) is 0 Å². The topological polar surface area (TPSA) is 61.8 Å². The first-order valence-electron chi connectivity index (χ1n) is 8.34. The van der Waals surface area contributed by atoms with Crippen LogP contribution in [-0.4, -0.2) is 39.0 Å². The normalized spacial score (nSPS) is 11.8. The second-order valence-corrected chi connectivity index (χ2v) is 6.19. The Bertz CT molecular complexity index is 740. The van der Waals surface area contributed by atoms with Gasteiger partial charge in [0.05, 0.1) is 26.5 Å². The first-order valence-corrected chi connectivity index (χ1v) is 8.72. The number of aromatic nitrogens is 1. The Labute approximate surface area is 159 Å². The highest BCUT2D eigenvalue weighted by Crippen LogP contribution is 2.40. The lowest BCUT2D eigenvalue weighted by Gasteiger charge is -2.21. The van der Waals surface area contributed by atoms with Gasteiger partial charge in [-0.3, -0.25) is 0 Å². The highest BCUT2D eigenvalue weighted by atomic mass is 35.5. The van der Waals surface area contributed by atoms with Gasteiger partial charge in [0.2, 0.25) is 5.75 Å². The van der Waals surface area contributed by atoms with Crippen molar-refractivity contribution >= 4 is 17.3 Å². The zero-order valence-corrected chi connectivity index (χ0v) is 16.5. The number of ether oxygens (including phenoxy) is 4. The molecule has 0 spiro atoms. The van der Waals surface area contributed by atoms with Crippen molar-refractivity contribution in [1.82, 2.24) is 4.98 Å². The molecular formula is C19H25ClN2O4. The predicted molar refractivity (Wildman–Crippen MR) is 103 cm³/mol. The van der Waals surface area contributed by atoms with Crippen LogP contribution in [0.5, 0.6) is 23.1 Å². The summed E-state index contributed by atoms with van der Waals surface area (Å²) in [5.41, 5.74) is 1.59. The Morgan fingerprint density at radius 2 is 1.88 bits per heavy atom. The molecule has 1 heterocycles. The molecule has 1 atom stereocenters. The van der Waals surface area contributed by atoms with Gasteiger partial charge in [0.1, 0.15) is 0 Å². The van der Waals surface area contributed by atoms with E-state index in [0.717, 1.165) is 17.8 Å². The molecule has 6 nitrogen and oxygen atoms in total. The van der Waals surface area contributed by atoms with Crippen LogP contribution < -0.4 is 19.5 Å². The Morgan fingerprint density at radius 3 is 2.50 bits per heavy atom. The quantitative estimate of drug-likeness (QED) is 0.681. The molecule has 7 heteroatoms. The number of rotatable bonds is 9. The Balaban J connectivity index is 2.39. The Kier molecular flexibility index (Phi) is 7.36. The standard InChI is InChI=1S/C19H25ClN2O4/c1-6-14(11-23-3)22-15-9-12(2)21-19(18(15)25-5)26-16-8-7-13(20)10-17(16)24-4/h7-10,14H,6,11H2,1-5H3,(H,21,22). The van der Waals surface area contributed by atoms with E-state index in [0.29, 0.717) is 34.8 Å². The third-order valence-corrected chi connectivity index (χ3v) is 4.06. The molecular weight excluding hydrogens is 356 g/mol. The van der Waals surface area contributed by atoms with Crippen LogP contribution in [0.1, 0.15) is 19.0 Å². The number of aryl methyl sites for hydroxylation is 1. The monoisotopic (exact) mass is 380 g/mol. The van der Waals surface area contributed by atoms with Crippen molar-refractivity contribution in [2.24, 2.45) is 0 Å². The number of benzene rings is 1. The zero-order chi connectivity index (χ0) is 19.1. The maximum atomic E-state index is 6.01. The molecule has 0 aliphatic rings. The minimum atomic E-state index is 0.147. The van der Waals surface area contributed by atoms with Gasteiger partial charge in [-0.05, 0) is 31.5 Å². The average Bonchev–Trinajstić information content (AvgIpc) is 2.62. The van der Waals surface area contributed by atoms with Crippen molar-refractivity contribution < 1.29 is 18.9 Å². The fourth-order valence-electron chi connectivity index (χ4n) is 2.52. The van der Waals surface area contributed by atoms with E-state index in [2.05, 4.69) is 17.2 Å². The van der Waals surface area contributed by atoms with Gasteiger partial charge >= 0.3 is 0 Å². The molecule has 1 aromatic heterocycles. The SMILES string of the molecule is CCC(COC)Nc1cc(C)nc(Oc2ccc(Cl)cc2OC)c1OC. The van der Waals surface area contributed by atoms with Crippen LogP contribution in [-0.2, 0) is 4.74 Å². The van der Waals surface area contributed by atoms with Crippen molar-refractivity contribution in [3.05, 3.63) is 35.0 Å². The fraction of sp³-hybridized carbons (Fsp3) is 0.421. The van der Waals surface area contributed by atoms with Gasteiger partial charge in [-0.1, -0.05) is 18.5 Å². The number of anilines is 1. The second kappa shape index (κ2) is 9.50. The minimum absolute atomic E-state index is 0.147. The summed E-state index contributed by atoms with van der Waals surface area (Å²) in [5, 5.41) is 3.99. The van der Waals surface area contributed by atoms with Crippen molar-refractivity contribution in [2.75, 3.05) is 33.3 Å². The third kappa shape index (κ3) is 4.93. The van der Waals surface area contributed by atoms with Crippen molar-refractivity contribution in [3.8, 4) is 23.1 Å². The van der Waals surface area contributed by atoms with Gasteiger partial charge in [-0.2, -0.15) is 0 Å². The van der Waals surface area contributed by atoms with Crippen LogP contribution in [0, 0.1) is 6.92 Å². The molecule has 1 unspecified atom stereocenters. The smallest absolute Gasteiger partial charge is 0.265 e. The van der Waals surface area contributed by atoms with Gasteiger partial charge in [-0.25, -0.2) is 4.98 Å². The largest absolute Gasteiger partial charge is 0.493 e. The highest BCUT2D eigenvalue weighted by Gasteiger charge is 2.18. The van der Waals surface area contributed by atoms with Gasteiger partial charge in [0.15, 0.2) is 11.5 Å². The summed E-state index contributed by atoms with van der Waals surface area (Å²) in [6, 6.07) is 7.21. The van der Waals surface area contributed by atoms with Crippen molar-refractivity contribution in [1.29, 1.82) is 0 Å². The lowest BCUT2D eigenvalue weighted by atomic mass is 10.2. The average molecular weight is 381 g/mol. The van der Waals surface area contributed by atoms with E-state index in [4.69, 9.17) is 30.5 Å². The molecule has 0 saturated carbocycles. The number of hydrogen-bond acceptors (Lipinski definition) is 6. The molecule has 1 aromatic carbocycles. The minimum Gasteiger partial charge on any atom is -0.493 e. The third-order valence-electron chi connectivity index (χ3n) is 3.83. The lowest BCUT2D eigenvalue weighted by Crippen LogP contribution is -2.24. The number of halogens is 1. The van der Waals surface area contributed by atoms with Crippen LogP contribution in [0.2, 0.25) is 5.02 Å². The first kappa shape index (κ1) is 20.1. The molecule has 0 saturated heterocycles. The van der Waals surface area contributed by atoms with E-state index >= 15 is 0 Å².